The Bertz CT molecular complexity index is 4380. The number of unbranched alkanes of at least 4 members (excludes halogenated alkanes) is 3. The minimum atomic E-state index is -4.37. The van der Waals surface area contributed by atoms with Gasteiger partial charge in [0.25, 0.3) is 10.1 Å². The lowest BCUT2D eigenvalue weighted by molar-refractivity contribution is -0.850. The van der Waals surface area contributed by atoms with Crippen molar-refractivity contribution < 1.29 is 122 Å². The molecule has 2 aliphatic heterocycles. The van der Waals surface area contributed by atoms with Gasteiger partial charge in [0.1, 0.15) is 35.1 Å². The number of H-pyrrole nitrogens is 1. The lowest BCUT2D eigenvalue weighted by Gasteiger charge is -2.29. The first-order valence-electron chi connectivity index (χ1n) is 33.2. The highest BCUT2D eigenvalue weighted by Crippen LogP contribution is 2.48. The lowest BCUT2D eigenvalue weighted by atomic mass is 9.80. The molecule has 1 aliphatic carbocycles. The van der Waals surface area contributed by atoms with Crippen LogP contribution < -0.4 is 30.5 Å². The maximum Gasteiger partial charge on any atom is 0.425 e. The Balaban J connectivity index is 0.00000178. The van der Waals surface area contributed by atoms with Gasteiger partial charge in [-0.05, 0) is 150 Å². The lowest BCUT2D eigenvalue weighted by Crippen LogP contribution is -3.10. The molecule has 8 N–H and O–H groups in total. The largest absolute Gasteiger partial charge is 0.748 e. The van der Waals surface area contributed by atoms with Gasteiger partial charge in [0.2, 0.25) is 5.91 Å². The number of para-hydroxylation sites is 2. The molecule has 3 heterocycles. The van der Waals surface area contributed by atoms with Crippen LogP contribution in [0.15, 0.2) is 132 Å². The fraction of sp³-hybridized carbons (Fsp3) is 0.471. The maximum absolute atomic E-state index is 14.1. The molecule has 0 bridgehead atoms. The summed E-state index contributed by atoms with van der Waals surface area (Å²) < 4.78 is 151. The van der Waals surface area contributed by atoms with E-state index in [1.807, 2.05) is 24.3 Å². The molecule has 0 saturated carbocycles. The van der Waals surface area contributed by atoms with Gasteiger partial charge in [-0.2, -0.15) is 18.0 Å². The fourth-order valence-electron chi connectivity index (χ4n) is 12.5. The number of carbonyl (C=O) groups excluding carboxylic acids is 6. The number of ketones is 2. The number of hydrogen-bond donors (Lipinski definition) is 8. The predicted octanol–water partition coefficient (Wildman–Crippen LogP) is 4.28. The number of aliphatic carboxylic acids is 2. The first-order valence-corrected chi connectivity index (χ1v) is 39.4. The SMILES string of the molecule is CCNC(=O)N[C@@H](CCC(=O)CCCCC(=O)N[C@@H](Cc1cnc[nH]1)C(=O)C[C@@H](Cc1ccc(OC2=C(/C=C/C3[NH+](CCCCS(=O)(=O)[O-])c4ccccc4C3(C)C)CCC/C2=C\C=C2\N(CCCCS(=O)(=O)O)c3ccccc3C2(C)C)cc1)C(=O)O)C(=O)O.O=C=O.O=S(=O)=O.O=S(=O)=O.O=S(=O)=O. The van der Waals surface area contributed by atoms with Crippen LogP contribution >= 0.6 is 0 Å². The standard InChI is InChI=1S/C67H87N7O15S2.CO2.3O3S/c1-6-69-65(82)72-54(64(80)81)33-30-50(75)20-7-12-25-61(77)71-55(42-49-43-68-44-70-49)58(76)41-48(63(78)79)40-45-26-31-51(32-27-45)89-62-46(28-34-59-66(2,3)52-21-8-10-23-56(52)73(59)36-13-15-38-90(83,84)85)18-17-19-47(62)29-35-60-67(4,5)53-22-9-11-24-57(53)74(60)37-14-16-39-91(86,87)88;2-1-3;3*1-4(2)3/h8-11,21-24,26-29,31-32,34-35,43-44,48,54-55,59H,6-7,12-20,25,30,33,36-42H2,1-5H3,(H,68,70)(H,71,77)(H,78,79)(H,80,81)(H2,69,72,82)(H,83,84,85)(H,86,87,88);;;;/b34-28+,47-29+,60-35+;;;;/t48-,54+,55+,59?;;;;/m1..../s1. The van der Waals surface area contributed by atoms with E-state index in [1.165, 1.54) is 18.1 Å². The average Bonchev–Trinajstić information content (AvgIpc) is 1.60. The number of carboxylic acids is 2. The summed E-state index contributed by atoms with van der Waals surface area (Å²) >= 11 is 0. The monoisotopic (exact) mass is 1580 g/mol. The summed E-state index contributed by atoms with van der Waals surface area (Å²) in [5.41, 5.74) is 7.61. The van der Waals surface area contributed by atoms with E-state index in [-0.39, 0.29) is 86.9 Å². The van der Waals surface area contributed by atoms with Gasteiger partial charge in [-0.1, -0.05) is 74.5 Å². The third-order valence-corrected chi connectivity index (χ3v) is 18.9. The summed E-state index contributed by atoms with van der Waals surface area (Å²) in [6.07, 6.45) is 15.4. The minimum Gasteiger partial charge on any atom is -0.748 e. The Morgan fingerprint density at radius 3 is 1.94 bits per heavy atom. The number of Topliss-reactive ketones (excluding diaryl/α,β-unsaturated/α-hetero) is 2. The summed E-state index contributed by atoms with van der Waals surface area (Å²) in [6, 6.07) is 20.3. The zero-order valence-corrected chi connectivity index (χ0v) is 62.8. The summed E-state index contributed by atoms with van der Waals surface area (Å²) in [6.45, 7) is 11.8. The van der Waals surface area contributed by atoms with E-state index in [9.17, 15) is 64.9 Å². The number of rotatable bonds is 35. The van der Waals surface area contributed by atoms with Crippen LogP contribution in [0.2, 0.25) is 0 Å². The number of fused-ring (bicyclic) bond motifs is 2. The molecule has 38 heteroatoms. The summed E-state index contributed by atoms with van der Waals surface area (Å²) in [7, 11) is -17.8. The number of imidazole rings is 1. The highest BCUT2D eigenvalue weighted by Gasteiger charge is 2.48. The summed E-state index contributed by atoms with van der Waals surface area (Å²) in [5, 5.41) is 27.6. The Morgan fingerprint density at radius 1 is 0.755 bits per heavy atom. The normalized spacial score (nSPS) is 16.9. The van der Waals surface area contributed by atoms with Gasteiger partial charge in [-0.15, -0.1) is 37.9 Å². The highest BCUT2D eigenvalue weighted by molar-refractivity contribution is 7.86. The number of allylic oxidation sites excluding steroid dienone is 6. The number of aromatic nitrogens is 2. The van der Waals surface area contributed by atoms with Gasteiger partial charge >= 0.3 is 55.9 Å². The number of ether oxygens (including phenoxy) is 1. The van der Waals surface area contributed by atoms with Crippen LogP contribution in [0.3, 0.4) is 0 Å². The molecule has 5 atom stereocenters. The molecule has 3 amide bonds. The predicted molar refractivity (Wildman–Crippen MR) is 377 cm³/mol. The number of benzene rings is 3. The highest BCUT2D eigenvalue weighted by atomic mass is 32.2. The van der Waals surface area contributed by atoms with Gasteiger partial charge < -0.3 is 45.3 Å². The van der Waals surface area contributed by atoms with Crippen LogP contribution in [0.5, 0.6) is 5.75 Å². The number of nitrogens with one attached hydrogen (secondary N) is 5. The average molecular weight is 1580 g/mol. The zero-order chi connectivity index (χ0) is 79.5. The van der Waals surface area contributed by atoms with Crippen molar-refractivity contribution in [3.05, 3.63) is 155 Å². The molecule has 580 valence electrons. The molecule has 2 unspecified atom stereocenters. The van der Waals surface area contributed by atoms with Crippen LogP contribution in [0.4, 0.5) is 16.2 Å². The molecule has 3 aromatic carbocycles. The van der Waals surface area contributed by atoms with Crippen LogP contribution in [0, 0.1) is 5.92 Å². The number of carbonyl (C=O) groups is 6. The third kappa shape index (κ3) is 32.1. The minimum absolute atomic E-state index is 0.0175. The van der Waals surface area contributed by atoms with E-state index >= 15 is 0 Å². The zero-order valence-electron chi connectivity index (χ0n) is 58.7. The summed E-state index contributed by atoms with van der Waals surface area (Å²) in [5.74, 6) is -4.54. The van der Waals surface area contributed by atoms with Crippen LogP contribution in [-0.2, 0) is 109 Å². The molecule has 0 spiro atoms. The molecular weight excluding hydrogens is 1490 g/mol. The van der Waals surface area contributed by atoms with Gasteiger partial charge in [0.15, 0.2) is 5.78 Å². The van der Waals surface area contributed by atoms with Crippen molar-refractivity contribution in [1.82, 2.24) is 25.9 Å². The molecule has 4 aromatic rings. The molecule has 1 aromatic heterocycles. The Kier molecular flexibility index (Phi) is 38.0. The van der Waals surface area contributed by atoms with Gasteiger partial charge in [-0.25, -0.2) is 23.0 Å². The second-order valence-electron chi connectivity index (χ2n) is 25.5. The molecule has 106 heavy (non-hydrogen) atoms. The van der Waals surface area contributed by atoms with Gasteiger partial charge in [0.05, 0.1) is 46.1 Å². The quantitative estimate of drug-likeness (QED) is 0.0235. The number of nitrogens with zero attached hydrogens (tertiary/aromatic N) is 2. The third-order valence-electron chi connectivity index (χ3n) is 17.3. The molecular formula is C68H87N7O26S5. The molecule has 33 nitrogen and oxygen atoms in total. The van der Waals surface area contributed by atoms with E-state index in [2.05, 4.69) is 107 Å². The molecule has 0 saturated heterocycles. The first kappa shape index (κ1) is 90.7. The molecule has 0 fully saturated rings. The fourth-order valence-corrected chi connectivity index (χ4v) is 13.7. The number of anilines is 1. The Labute approximate surface area is 618 Å². The molecule has 7 rings (SSSR count). The summed E-state index contributed by atoms with van der Waals surface area (Å²) in [4.78, 5) is 103. The number of quaternary nitrogens is 1. The van der Waals surface area contributed by atoms with Crippen LogP contribution in [0.25, 0.3) is 0 Å². The van der Waals surface area contributed by atoms with Crippen LogP contribution in [-0.4, -0.2) is 175 Å². The van der Waals surface area contributed by atoms with Crippen molar-refractivity contribution in [2.45, 2.75) is 166 Å². The van der Waals surface area contributed by atoms with Crippen molar-refractivity contribution in [1.29, 1.82) is 0 Å². The number of urea groups is 1. The Morgan fingerprint density at radius 2 is 1.36 bits per heavy atom. The topological polar surface area (TPSA) is 524 Å². The Hall–Kier alpha value is -9.53. The maximum atomic E-state index is 14.1. The van der Waals surface area contributed by atoms with Crippen molar-refractivity contribution in [3.8, 4) is 5.75 Å². The van der Waals surface area contributed by atoms with Gasteiger partial charge in [-0.3, -0.25) is 28.6 Å². The second kappa shape index (κ2) is 44.4. The van der Waals surface area contributed by atoms with Crippen molar-refractivity contribution in [2.75, 3.05) is 36.0 Å². The second-order valence-corrected chi connectivity index (χ2v) is 29.8. The van der Waals surface area contributed by atoms with Gasteiger partial charge in [0, 0.05) is 85.2 Å². The van der Waals surface area contributed by atoms with E-state index < -0.39 is 117 Å². The number of hydrogen-bond acceptors (Lipinski definition) is 25. The first-order chi connectivity index (χ1) is 49.8. The van der Waals surface area contributed by atoms with E-state index in [4.69, 9.17) is 52.2 Å². The van der Waals surface area contributed by atoms with E-state index in [1.54, 1.807) is 31.2 Å². The van der Waals surface area contributed by atoms with Crippen molar-refractivity contribution >= 4 is 105 Å². The van der Waals surface area contributed by atoms with E-state index in [0.29, 0.717) is 74.5 Å². The van der Waals surface area contributed by atoms with Crippen molar-refractivity contribution in [2.24, 2.45) is 5.92 Å². The van der Waals surface area contributed by atoms with E-state index in [0.717, 1.165) is 45.1 Å². The van der Waals surface area contributed by atoms with Crippen molar-refractivity contribution in [3.63, 3.8) is 0 Å². The number of aromatic amines is 1. The van der Waals surface area contributed by atoms with Crippen LogP contribution in [0.1, 0.15) is 147 Å². The number of carboxylic acid groups (broad SMARTS) is 2. The smallest absolute Gasteiger partial charge is 0.425 e. The molecule has 0 radical (unpaired) electrons. The number of amides is 3. The molecule has 3 aliphatic rings.